The molecule has 36 heavy (non-hydrogen) atoms. The van der Waals surface area contributed by atoms with E-state index in [1.54, 1.807) is 7.11 Å². The number of hydrogen-bond donors (Lipinski definition) is 4. The summed E-state index contributed by atoms with van der Waals surface area (Å²) in [5.74, 6) is 0.611. The molecule has 0 aromatic carbocycles. The highest BCUT2D eigenvalue weighted by molar-refractivity contribution is 5.66. The van der Waals surface area contributed by atoms with E-state index in [0.717, 1.165) is 45.1 Å². The Hall–Kier alpha value is -1.26. The Morgan fingerprint density at radius 2 is 1.72 bits per heavy atom. The SMILES string of the molecule is CC[C@H](CO)CC[C@@H](C[C@@H](CCC1CC(OC)C(O)CC1C1CC[NH2+]C(N)C1)OC(C)=O)OC(C)=O. The molecular formula is C27H51N2O7+. The summed E-state index contributed by atoms with van der Waals surface area (Å²) in [5, 5.41) is 22.4. The smallest absolute Gasteiger partial charge is 0.302 e. The van der Waals surface area contributed by atoms with E-state index in [1.807, 2.05) is 6.92 Å². The number of aliphatic hydroxyl groups is 2. The van der Waals surface area contributed by atoms with Crippen LogP contribution >= 0.6 is 0 Å². The highest BCUT2D eigenvalue weighted by Crippen LogP contribution is 2.42. The summed E-state index contributed by atoms with van der Waals surface area (Å²) in [4.78, 5) is 23.7. The molecular weight excluding hydrogens is 464 g/mol. The van der Waals surface area contributed by atoms with Crippen molar-refractivity contribution < 1.29 is 39.3 Å². The fraction of sp³-hybridized carbons (Fsp3) is 0.926. The molecule has 2 aliphatic rings. The van der Waals surface area contributed by atoms with Crippen molar-refractivity contribution in [1.29, 1.82) is 0 Å². The molecule has 1 saturated heterocycles. The van der Waals surface area contributed by atoms with Gasteiger partial charge in [-0.2, -0.15) is 0 Å². The summed E-state index contributed by atoms with van der Waals surface area (Å²) >= 11 is 0. The molecule has 1 aliphatic carbocycles. The molecule has 0 aromatic heterocycles. The molecule has 9 nitrogen and oxygen atoms in total. The Bertz CT molecular complexity index is 660. The van der Waals surface area contributed by atoms with Crippen LogP contribution in [0.2, 0.25) is 0 Å². The molecule has 2 fully saturated rings. The second kappa shape index (κ2) is 15.9. The lowest BCUT2D eigenvalue weighted by Gasteiger charge is -2.44. The number of quaternary nitrogens is 1. The van der Waals surface area contributed by atoms with Crippen molar-refractivity contribution in [2.75, 3.05) is 20.3 Å². The fourth-order valence-electron chi connectivity index (χ4n) is 6.35. The Balaban J connectivity index is 2.09. The van der Waals surface area contributed by atoms with Gasteiger partial charge in [0.05, 0.1) is 18.8 Å². The third-order valence-corrected chi connectivity index (χ3v) is 8.36. The van der Waals surface area contributed by atoms with Gasteiger partial charge < -0.3 is 29.7 Å². The van der Waals surface area contributed by atoms with Crippen LogP contribution in [0.4, 0.5) is 0 Å². The van der Waals surface area contributed by atoms with Gasteiger partial charge in [-0.05, 0) is 68.6 Å². The van der Waals surface area contributed by atoms with Crippen molar-refractivity contribution in [2.24, 2.45) is 29.4 Å². The van der Waals surface area contributed by atoms with Crippen molar-refractivity contribution in [3.8, 4) is 0 Å². The zero-order valence-electron chi connectivity index (χ0n) is 22.8. The van der Waals surface area contributed by atoms with Gasteiger partial charge in [0, 0.05) is 40.4 Å². The van der Waals surface area contributed by atoms with Crippen LogP contribution in [0.15, 0.2) is 0 Å². The van der Waals surface area contributed by atoms with Gasteiger partial charge in [-0.1, -0.05) is 13.3 Å². The first-order chi connectivity index (χ1) is 17.2. The number of nitrogens with two attached hydrogens (primary N) is 2. The van der Waals surface area contributed by atoms with Crippen LogP contribution in [0.3, 0.4) is 0 Å². The molecule has 210 valence electrons. The minimum absolute atomic E-state index is 0.103. The molecule has 1 saturated carbocycles. The summed E-state index contributed by atoms with van der Waals surface area (Å²) < 4.78 is 16.9. The fourth-order valence-corrected chi connectivity index (χ4v) is 6.35. The number of carbonyl (C=O) groups is 2. The minimum Gasteiger partial charge on any atom is -0.462 e. The van der Waals surface area contributed by atoms with Gasteiger partial charge in [0.2, 0.25) is 0 Å². The summed E-state index contributed by atoms with van der Waals surface area (Å²) in [6, 6.07) is 0. The molecule has 1 aliphatic heterocycles. The maximum Gasteiger partial charge on any atom is 0.302 e. The van der Waals surface area contributed by atoms with E-state index in [-0.39, 0.29) is 48.9 Å². The minimum atomic E-state index is -0.478. The van der Waals surface area contributed by atoms with Crippen LogP contribution in [0.5, 0.6) is 0 Å². The van der Waals surface area contributed by atoms with Crippen molar-refractivity contribution >= 4 is 11.9 Å². The van der Waals surface area contributed by atoms with E-state index in [2.05, 4.69) is 5.32 Å². The summed E-state index contributed by atoms with van der Waals surface area (Å²) in [7, 11) is 1.65. The Morgan fingerprint density at radius 1 is 1.06 bits per heavy atom. The lowest BCUT2D eigenvalue weighted by molar-refractivity contribution is -0.699. The zero-order chi connectivity index (χ0) is 26.7. The maximum atomic E-state index is 11.9. The van der Waals surface area contributed by atoms with Crippen LogP contribution < -0.4 is 11.1 Å². The largest absolute Gasteiger partial charge is 0.462 e. The number of ether oxygens (including phenoxy) is 3. The zero-order valence-corrected chi connectivity index (χ0v) is 22.8. The molecule has 1 heterocycles. The van der Waals surface area contributed by atoms with Crippen LogP contribution in [-0.2, 0) is 23.8 Å². The van der Waals surface area contributed by atoms with E-state index >= 15 is 0 Å². The van der Waals surface area contributed by atoms with Crippen LogP contribution in [0, 0.1) is 23.7 Å². The average Bonchev–Trinajstić information content (AvgIpc) is 2.82. The van der Waals surface area contributed by atoms with Crippen LogP contribution in [0.25, 0.3) is 0 Å². The summed E-state index contributed by atoms with van der Waals surface area (Å²) in [6.45, 7) is 5.95. The monoisotopic (exact) mass is 515 g/mol. The van der Waals surface area contributed by atoms with Crippen molar-refractivity contribution in [3.05, 3.63) is 0 Å². The molecule has 6 N–H and O–H groups in total. The molecule has 0 amide bonds. The van der Waals surface area contributed by atoms with Gasteiger partial charge >= 0.3 is 11.9 Å². The van der Waals surface area contributed by atoms with Gasteiger partial charge in [0.25, 0.3) is 0 Å². The Morgan fingerprint density at radius 3 is 2.28 bits per heavy atom. The topological polar surface area (TPSA) is 145 Å². The Labute approximate surface area is 216 Å². The van der Waals surface area contributed by atoms with E-state index in [4.69, 9.17) is 19.9 Å². The molecule has 9 atom stereocenters. The standard InChI is InChI=1S/C27H50N2O7/c1-5-19(16-30)6-8-22(35-17(2)31)14-23(36-18(3)32)9-7-20-12-26(34-4)25(33)15-24(20)21-10-11-29-27(28)13-21/h19-27,29-30,33H,5-16,28H2,1-4H3/p+1/t19-,20?,21?,22-,23+,24?,25?,26?,27?/m0/s1. The molecule has 6 unspecified atom stereocenters. The number of esters is 2. The van der Waals surface area contributed by atoms with Gasteiger partial charge in [0.1, 0.15) is 18.4 Å². The third kappa shape index (κ3) is 10.2. The maximum absolute atomic E-state index is 11.9. The lowest BCUT2D eigenvalue weighted by atomic mass is 9.66. The van der Waals surface area contributed by atoms with Gasteiger partial charge in [-0.25, -0.2) is 0 Å². The quantitative estimate of drug-likeness (QED) is 0.255. The van der Waals surface area contributed by atoms with E-state index in [1.165, 1.54) is 13.8 Å². The van der Waals surface area contributed by atoms with E-state index in [0.29, 0.717) is 43.4 Å². The lowest BCUT2D eigenvalue weighted by Crippen LogP contribution is -2.94. The number of carbonyl (C=O) groups excluding carboxylic acids is 2. The third-order valence-electron chi connectivity index (χ3n) is 8.36. The molecule has 0 bridgehead atoms. The second-order valence-corrected chi connectivity index (χ2v) is 11.0. The first-order valence-corrected chi connectivity index (χ1v) is 13.9. The van der Waals surface area contributed by atoms with Gasteiger partial charge in [-0.3, -0.25) is 15.3 Å². The average molecular weight is 516 g/mol. The molecule has 2 rings (SSSR count). The molecule has 0 radical (unpaired) electrons. The van der Waals surface area contributed by atoms with E-state index < -0.39 is 6.10 Å². The highest BCUT2D eigenvalue weighted by atomic mass is 16.6. The van der Waals surface area contributed by atoms with Crippen molar-refractivity contribution in [3.63, 3.8) is 0 Å². The number of piperidine rings is 1. The normalized spacial score (nSPS) is 31.3. The van der Waals surface area contributed by atoms with Crippen LogP contribution in [-0.4, -0.2) is 73.0 Å². The van der Waals surface area contributed by atoms with E-state index in [9.17, 15) is 19.8 Å². The highest BCUT2D eigenvalue weighted by Gasteiger charge is 2.42. The van der Waals surface area contributed by atoms with Crippen molar-refractivity contribution in [1.82, 2.24) is 0 Å². The number of aliphatic hydroxyl groups excluding tert-OH is 2. The number of methoxy groups -OCH3 is 1. The number of rotatable bonds is 14. The predicted molar refractivity (Wildman–Crippen MR) is 136 cm³/mol. The molecule has 9 heteroatoms. The summed E-state index contributed by atoms with van der Waals surface area (Å²) in [5.41, 5.74) is 6.25. The van der Waals surface area contributed by atoms with Crippen molar-refractivity contribution in [2.45, 2.75) is 116 Å². The van der Waals surface area contributed by atoms with Gasteiger partial charge in [-0.15, -0.1) is 0 Å². The first-order valence-electron chi connectivity index (χ1n) is 13.9. The van der Waals surface area contributed by atoms with Gasteiger partial charge in [0.15, 0.2) is 0 Å². The van der Waals surface area contributed by atoms with Crippen LogP contribution in [0.1, 0.15) is 85.0 Å². The number of hydrogen-bond acceptors (Lipinski definition) is 8. The molecule has 0 spiro atoms. The second-order valence-electron chi connectivity index (χ2n) is 11.0. The Kier molecular flexibility index (Phi) is 13.6. The first kappa shape index (κ1) is 31.0. The molecule has 0 aromatic rings. The predicted octanol–water partition coefficient (Wildman–Crippen LogP) is 1.48. The summed E-state index contributed by atoms with van der Waals surface area (Å²) in [6.07, 6.45) is 6.37.